The van der Waals surface area contributed by atoms with Gasteiger partial charge in [-0.05, 0) is 49.5 Å². The summed E-state index contributed by atoms with van der Waals surface area (Å²) < 4.78 is 0. The molecule has 106 valence electrons. The molecule has 0 aromatic heterocycles. The van der Waals surface area contributed by atoms with Crippen LogP contribution in [0.5, 0.6) is 0 Å². The summed E-state index contributed by atoms with van der Waals surface area (Å²) in [6.45, 7) is 7.88. The predicted molar refractivity (Wildman–Crippen MR) is 85.3 cm³/mol. The van der Waals surface area contributed by atoms with E-state index >= 15 is 0 Å². The van der Waals surface area contributed by atoms with Crippen molar-refractivity contribution in [3.05, 3.63) is 35.9 Å². The third-order valence-electron chi connectivity index (χ3n) is 5.09. The van der Waals surface area contributed by atoms with E-state index in [0.29, 0.717) is 11.0 Å². The average molecular weight is 279 g/mol. The Balaban J connectivity index is 1.78. The predicted octanol–water partition coefficient (Wildman–Crippen LogP) is 6.24. The maximum absolute atomic E-state index is 5.76. The van der Waals surface area contributed by atoms with Gasteiger partial charge in [-0.2, -0.15) is 0 Å². The van der Waals surface area contributed by atoms with E-state index in [1.165, 1.54) is 63.4 Å². The Labute approximate surface area is 123 Å². The van der Waals surface area contributed by atoms with Gasteiger partial charge in [-0.25, -0.2) is 0 Å². The molecule has 0 N–H and O–H groups in total. The number of rotatable bonds is 4. The van der Waals surface area contributed by atoms with Gasteiger partial charge in [0, 0.05) is 5.03 Å². The molecule has 0 aromatic carbocycles. The first-order valence-corrected chi connectivity index (χ1v) is 8.26. The maximum atomic E-state index is 5.76. The van der Waals surface area contributed by atoms with Crippen LogP contribution in [0.15, 0.2) is 35.9 Å². The van der Waals surface area contributed by atoms with E-state index in [1.54, 1.807) is 0 Å². The van der Waals surface area contributed by atoms with Crippen LogP contribution in [0.4, 0.5) is 0 Å². The van der Waals surface area contributed by atoms with Crippen molar-refractivity contribution in [2.75, 3.05) is 0 Å². The van der Waals surface area contributed by atoms with E-state index < -0.39 is 0 Å². The van der Waals surface area contributed by atoms with Gasteiger partial charge < -0.3 is 0 Å². The van der Waals surface area contributed by atoms with Gasteiger partial charge >= 0.3 is 0 Å². The number of hydrogen-bond acceptors (Lipinski definition) is 0. The Hall–Kier alpha value is -0.490. The minimum atomic E-state index is 0.594. The monoisotopic (exact) mass is 278 g/mol. The van der Waals surface area contributed by atoms with Crippen LogP contribution in [0.2, 0.25) is 0 Å². The normalized spacial score (nSPS) is 29.5. The third kappa shape index (κ3) is 4.53. The molecular weight excluding hydrogens is 252 g/mol. The minimum absolute atomic E-state index is 0.594. The van der Waals surface area contributed by atoms with E-state index in [4.69, 9.17) is 11.6 Å². The van der Waals surface area contributed by atoms with E-state index in [0.717, 1.165) is 11.8 Å². The van der Waals surface area contributed by atoms with Crippen molar-refractivity contribution in [1.29, 1.82) is 0 Å². The molecule has 2 aliphatic carbocycles. The highest BCUT2D eigenvalue weighted by atomic mass is 35.5. The molecule has 0 atom stereocenters. The topological polar surface area (TPSA) is 0 Å². The second kappa shape index (κ2) is 7.33. The Kier molecular flexibility index (Phi) is 5.76. The molecule has 0 amide bonds. The molecule has 19 heavy (non-hydrogen) atoms. The number of hydrogen-bond donors (Lipinski definition) is 0. The largest absolute Gasteiger partial charge is 0.0955 e. The zero-order valence-corrected chi connectivity index (χ0v) is 12.8. The molecule has 0 aromatic rings. The van der Waals surface area contributed by atoms with Crippen molar-refractivity contribution >= 4 is 11.6 Å². The lowest BCUT2D eigenvalue weighted by Crippen LogP contribution is -2.23. The highest BCUT2D eigenvalue weighted by Crippen LogP contribution is 2.41. The quantitative estimate of drug-likeness (QED) is 0.534. The molecule has 0 unspecified atom stereocenters. The molecule has 2 rings (SSSR count). The third-order valence-corrected chi connectivity index (χ3v) is 5.22. The second-order valence-electron chi connectivity index (χ2n) is 6.36. The van der Waals surface area contributed by atoms with Crippen molar-refractivity contribution in [3.63, 3.8) is 0 Å². The summed E-state index contributed by atoms with van der Waals surface area (Å²) in [4.78, 5) is 0. The minimum Gasteiger partial charge on any atom is -0.0955 e. The molecule has 2 saturated carbocycles. The lowest BCUT2D eigenvalue weighted by atomic mass is 9.70. The highest BCUT2D eigenvalue weighted by Gasteiger charge is 2.28. The molecule has 0 saturated heterocycles. The van der Waals surface area contributed by atoms with Gasteiger partial charge in [0.25, 0.3) is 0 Å². The lowest BCUT2D eigenvalue weighted by Gasteiger charge is -2.36. The zero-order valence-electron chi connectivity index (χ0n) is 12.0. The molecule has 2 fully saturated rings. The zero-order chi connectivity index (χ0) is 13.7. The van der Waals surface area contributed by atoms with Crippen molar-refractivity contribution < 1.29 is 0 Å². The summed E-state index contributed by atoms with van der Waals surface area (Å²) in [7, 11) is 0. The highest BCUT2D eigenvalue weighted by molar-refractivity contribution is 6.30. The summed E-state index contributed by atoms with van der Waals surface area (Å²) in [6, 6.07) is 0. The summed E-state index contributed by atoms with van der Waals surface area (Å²) in [5.41, 5.74) is 1.24. The van der Waals surface area contributed by atoms with Crippen LogP contribution in [0.3, 0.4) is 0 Å². The molecule has 1 heteroatoms. The SMILES string of the molecule is C=C(Cl)/C=C\C(=C)C1CCC(C2CCCCC2)CC1. The standard InChI is InChI=1S/C18H27Cl/c1-14(8-9-15(2)19)16-10-12-18(13-11-16)17-6-4-3-5-7-17/h8-9,16-18H,1-7,10-13H2/b9-8-. The second-order valence-corrected chi connectivity index (χ2v) is 6.85. The lowest BCUT2D eigenvalue weighted by molar-refractivity contribution is 0.178. The fourth-order valence-corrected chi connectivity index (χ4v) is 3.96. The average Bonchev–Trinajstić information content (AvgIpc) is 2.46. The molecule has 0 spiro atoms. The van der Waals surface area contributed by atoms with Crippen molar-refractivity contribution in [2.45, 2.75) is 57.8 Å². The van der Waals surface area contributed by atoms with E-state index in [-0.39, 0.29) is 0 Å². The summed E-state index contributed by atoms with van der Waals surface area (Å²) in [6.07, 6.45) is 16.8. The van der Waals surface area contributed by atoms with Crippen LogP contribution in [-0.2, 0) is 0 Å². The Morgan fingerprint density at radius 2 is 1.37 bits per heavy atom. The number of allylic oxidation sites excluding steroid dienone is 4. The van der Waals surface area contributed by atoms with Gasteiger partial charge in [0.1, 0.15) is 0 Å². The van der Waals surface area contributed by atoms with Gasteiger partial charge in [0.15, 0.2) is 0 Å². The molecule has 0 aliphatic heterocycles. The van der Waals surface area contributed by atoms with Crippen molar-refractivity contribution in [1.82, 2.24) is 0 Å². The van der Waals surface area contributed by atoms with E-state index in [1.807, 2.05) is 6.08 Å². The summed E-state index contributed by atoms with van der Waals surface area (Å²) in [5, 5.41) is 0.594. The van der Waals surface area contributed by atoms with Gasteiger partial charge in [-0.3, -0.25) is 0 Å². The molecular formula is C18H27Cl. The van der Waals surface area contributed by atoms with Gasteiger partial charge in [0.05, 0.1) is 0 Å². The van der Waals surface area contributed by atoms with Crippen LogP contribution in [0.1, 0.15) is 57.8 Å². The maximum Gasteiger partial charge on any atom is 0.0334 e. The molecule has 2 aliphatic rings. The van der Waals surface area contributed by atoms with Crippen molar-refractivity contribution in [2.24, 2.45) is 17.8 Å². The Bertz CT molecular complexity index is 339. The van der Waals surface area contributed by atoms with Crippen LogP contribution in [0.25, 0.3) is 0 Å². The van der Waals surface area contributed by atoms with Crippen molar-refractivity contribution in [3.8, 4) is 0 Å². The van der Waals surface area contributed by atoms with Crippen LogP contribution < -0.4 is 0 Å². The van der Waals surface area contributed by atoms with E-state index in [2.05, 4.69) is 19.2 Å². The smallest absolute Gasteiger partial charge is 0.0334 e. The first kappa shape index (κ1) is 14.9. The first-order chi connectivity index (χ1) is 9.16. The molecule has 0 bridgehead atoms. The van der Waals surface area contributed by atoms with E-state index in [9.17, 15) is 0 Å². The van der Waals surface area contributed by atoms with Gasteiger partial charge in [0.2, 0.25) is 0 Å². The summed E-state index contributed by atoms with van der Waals surface area (Å²) >= 11 is 5.76. The molecule has 0 nitrogen and oxygen atoms in total. The van der Waals surface area contributed by atoms with Gasteiger partial charge in [-0.15, -0.1) is 0 Å². The molecule has 0 radical (unpaired) electrons. The number of halogens is 1. The fourth-order valence-electron chi connectivity index (χ4n) is 3.90. The van der Waals surface area contributed by atoms with Crippen LogP contribution in [0, 0.1) is 17.8 Å². The summed E-state index contributed by atoms with van der Waals surface area (Å²) in [5.74, 6) is 2.70. The van der Waals surface area contributed by atoms with Crippen LogP contribution in [-0.4, -0.2) is 0 Å². The Morgan fingerprint density at radius 3 is 1.95 bits per heavy atom. The van der Waals surface area contributed by atoms with Crippen LogP contribution >= 0.6 is 11.6 Å². The first-order valence-electron chi connectivity index (χ1n) is 7.88. The molecule has 0 heterocycles. The van der Waals surface area contributed by atoms with Gasteiger partial charge in [-0.1, -0.05) is 68.5 Å². The fraction of sp³-hybridized carbons (Fsp3) is 0.667. The Morgan fingerprint density at radius 1 is 0.789 bits per heavy atom.